The number of rotatable bonds is 6. The molecule has 168 valence electrons. The summed E-state index contributed by atoms with van der Waals surface area (Å²) in [5, 5.41) is 6.34. The largest absolute Gasteiger partial charge is 0.362 e. The van der Waals surface area contributed by atoms with Gasteiger partial charge in [0.15, 0.2) is 5.78 Å². The highest BCUT2D eigenvalue weighted by Gasteiger charge is 2.40. The molecule has 1 aliphatic carbocycles. The van der Waals surface area contributed by atoms with Crippen molar-refractivity contribution in [3.8, 4) is 0 Å². The van der Waals surface area contributed by atoms with Crippen LogP contribution in [0, 0.1) is 0 Å². The third-order valence-electron chi connectivity index (χ3n) is 5.70. The van der Waals surface area contributed by atoms with Gasteiger partial charge in [0.2, 0.25) is 0 Å². The first-order valence-corrected chi connectivity index (χ1v) is 13.4. The number of halogens is 1. The Labute approximate surface area is 205 Å². The highest BCUT2D eigenvalue weighted by molar-refractivity contribution is 9.10. The lowest BCUT2D eigenvalue weighted by atomic mass is 9.75. The van der Waals surface area contributed by atoms with Crippen molar-refractivity contribution in [1.29, 1.82) is 0 Å². The number of dihydropyridines is 1. The Morgan fingerprint density at radius 1 is 1.34 bits per heavy atom. The Morgan fingerprint density at radius 3 is 2.84 bits per heavy atom. The molecule has 5 nitrogen and oxygen atoms in total. The fourth-order valence-corrected chi connectivity index (χ4v) is 6.90. The normalized spacial score (nSPS) is 18.5. The second-order valence-electron chi connectivity index (χ2n) is 7.82. The molecule has 0 unspecified atom stereocenters. The highest BCUT2D eigenvalue weighted by atomic mass is 79.9. The monoisotopic (exact) mass is 531 g/mol. The Bertz CT molecular complexity index is 1120. The first kappa shape index (κ1) is 23.3. The van der Waals surface area contributed by atoms with Gasteiger partial charge in [-0.2, -0.15) is 0 Å². The van der Waals surface area contributed by atoms with Crippen LogP contribution < -0.4 is 10.6 Å². The molecule has 4 rings (SSSR count). The highest BCUT2D eigenvalue weighted by Crippen LogP contribution is 2.47. The smallest absolute Gasteiger partial charge is 0.255 e. The van der Waals surface area contributed by atoms with Gasteiger partial charge in [-0.05, 0) is 71.6 Å². The summed E-state index contributed by atoms with van der Waals surface area (Å²) in [5.74, 6) is 0.973. The molecular formula is C24H26BrN3O2S2. The molecule has 1 amide bonds. The van der Waals surface area contributed by atoms with Crippen molar-refractivity contribution in [2.45, 2.75) is 56.6 Å². The van der Waals surface area contributed by atoms with E-state index in [0.717, 1.165) is 52.0 Å². The van der Waals surface area contributed by atoms with Crippen molar-refractivity contribution in [2.24, 2.45) is 0 Å². The van der Waals surface area contributed by atoms with Crippen LogP contribution in [0.15, 0.2) is 55.6 Å². The number of carbonyl (C=O) groups is 2. The van der Waals surface area contributed by atoms with Crippen LogP contribution in [0.4, 0.5) is 5.82 Å². The number of aromatic nitrogens is 1. The maximum Gasteiger partial charge on any atom is 0.255 e. The Kier molecular flexibility index (Phi) is 7.22. The summed E-state index contributed by atoms with van der Waals surface area (Å²) in [6.45, 7) is 6.20. The van der Waals surface area contributed by atoms with Gasteiger partial charge in [-0.25, -0.2) is 4.98 Å². The molecule has 1 aliphatic heterocycles. The van der Waals surface area contributed by atoms with Gasteiger partial charge >= 0.3 is 0 Å². The quantitative estimate of drug-likeness (QED) is 0.435. The number of pyridine rings is 1. The van der Waals surface area contributed by atoms with Crippen LogP contribution in [-0.4, -0.2) is 22.4 Å². The molecule has 0 spiro atoms. The Morgan fingerprint density at radius 2 is 2.16 bits per heavy atom. The van der Waals surface area contributed by atoms with E-state index in [-0.39, 0.29) is 17.6 Å². The fourth-order valence-electron chi connectivity index (χ4n) is 4.29. The second kappa shape index (κ2) is 9.93. The van der Waals surface area contributed by atoms with Crippen molar-refractivity contribution in [3.05, 3.63) is 61.8 Å². The van der Waals surface area contributed by atoms with Crippen LogP contribution in [0.3, 0.4) is 0 Å². The predicted octanol–water partition coefficient (Wildman–Crippen LogP) is 6.19. The Balaban J connectivity index is 1.82. The number of aryl methyl sites for hydroxylation is 1. The van der Waals surface area contributed by atoms with Crippen molar-refractivity contribution in [1.82, 2.24) is 10.3 Å². The summed E-state index contributed by atoms with van der Waals surface area (Å²) in [6.07, 6.45) is 4.79. The summed E-state index contributed by atoms with van der Waals surface area (Å²) >= 11 is 6.94. The SMILES string of the molecule is CCSc1sc(CC)cc1[C@H]1C(C(=O)Nc2ccc(Br)cn2)=C(C)NC2=C1C(=O)CCC2. The van der Waals surface area contributed by atoms with E-state index in [4.69, 9.17) is 0 Å². The van der Waals surface area contributed by atoms with E-state index >= 15 is 0 Å². The molecule has 8 heteroatoms. The third-order valence-corrected chi connectivity index (χ3v) is 8.65. The number of allylic oxidation sites excluding steroid dienone is 3. The molecule has 32 heavy (non-hydrogen) atoms. The second-order valence-corrected chi connectivity index (χ2v) is 11.4. The van der Waals surface area contributed by atoms with Gasteiger partial charge in [-0.1, -0.05) is 13.8 Å². The molecule has 0 fully saturated rings. The van der Waals surface area contributed by atoms with Crippen LogP contribution in [0.5, 0.6) is 0 Å². The molecule has 2 aromatic heterocycles. The van der Waals surface area contributed by atoms with E-state index in [1.807, 2.05) is 13.0 Å². The number of thioether (sulfide) groups is 1. The minimum absolute atomic E-state index is 0.139. The zero-order valence-corrected chi connectivity index (χ0v) is 21.6. The van der Waals surface area contributed by atoms with Crippen LogP contribution in [0.2, 0.25) is 0 Å². The molecule has 3 heterocycles. The van der Waals surface area contributed by atoms with E-state index in [2.05, 4.69) is 51.5 Å². The number of nitrogens with one attached hydrogen (secondary N) is 2. The summed E-state index contributed by atoms with van der Waals surface area (Å²) in [4.78, 5) is 32.3. The lowest BCUT2D eigenvalue weighted by molar-refractivity contribution is -0.116. The summed E-state index contributed by atoms with van der Waals surface area (Å²) in [6, 6.07) is 5.80. The molecule has 0 radical (unpaired) electrons. The fraction of sp³-hybridized carbons (Fsp3) is 0.375. The van der Waals surface area contributed by atoms with Crippen LogP contribution >= 0.6 is 39.0 Å². The molecule has 2 aliphatic rings. The van der Waals surface area contributed by atoms with E-state index in [1.54, 1.807) is 35.4 Å². The predicted molar refractivity (Wildman–Crippen MR) is 135 cm³/mol. The molecule has 2 aromatic rings. The molecule has 0 bridgehead atoms. The van der Waals surface area contributed by atoms with E-state index in [1.165, 1.54) is 9.09 Å². The van der Waals surface area contributed by atoms with Crippen molar-refractivity contribution < 1.29 is 9.59 Å². The lowest BCUT2D eigenvalue weighted by Crippen LogP contribution is -2.35. The number of nitrogens with zero attached hydrogens (tertiary/aromatic N) is 1. The van der Waals surface area contributed by atoms with Crippen molar-refractivity contribution >= 4 is 56.5 Å². The van der Waals surface area contributed by atoms with Gasteiger partial charge in [0.25, 0.3) is 5.91 Å². The maximum absolute atomic E-state index is 13.6. The lowest BCUT2D eigenvalue weighted by Gasteiger charge is -2.34. The Hall–Kier alpha value is -1.90. The zero-order chi connectivity index (χ0) is 22.8. The number of hydrogen-bond donors (Lipinski definition) is 2. The number of ketones is 1. The first-order chi connectivity index (χ1) is 15.4. The molecular weight excluding hydrogens is 506 g/mol. The number of carbonyl (C=O) groups excluding carboxylic acids is 2. The average molecular weight is 533 g/mol. The minimum Gasteiger partial charge on any atom is -0.362 e. The summed E-state index contributed by atoms with van der Waals surface area (Å²) < 4.78 is 2.04. The van der Waals surface area contributed by atoms with Crippen molar-refractivity contribution in [3.63, 3.8) is 0 Å². The topological polar surface area (TPSA) is 71.1 Å². The summed E-state index contributed by atoms with van der Waals surface area (Å²) in [7, 11) is 0. The van der Waals surface area contributed by atoms with Crippen molar-refractivity contribution in [2.75, 3.05) is 11.1 Å². The van der Waals surface area contributed by atoms with Gasteiger partial charge in [0.1, 0.15) is 5.82 Å². The van der Waals surface area contributed by atoms with Crippen LogP contribution in [-0.2, 0) is 16.0 Å². The van der Waals surface area contributed by atoms with E-state index in [0.29, 0.717) is 17.8 Å². The number of anilines is 1. The number of amides is 1. The number of Topliss-reactive ketones (excluding diaryl/α,β-unsaturated/α-hetero) is 1. The van der Waals surface area contributed by atoms with Gasteiger partial charge in [-0.3, -0.25) is 9.59 Å². The van der Waals surface area contributed by atoms with Gasteiger partial charge in [0.05, 0.1) is 4.21 Å². The summed E-state index contributed by atoms with van der Waals surface area (Å²) in [5.41, 5.74) is 4.21. The van der Waals surface area contributed by atoms with Gasteiger partial charge < -0.3 is 10.6 Å². The first-order valence-electron chi connectivity index (χ1n) is 10.8. The molecule has 0 saturated carbocycles. The standard InChI is InChI=1S/C24H26BrN3O2S2/c1-4-15-11-16(24(32-15)31-5-2)21-20(23(30)28-19-10-9-14(25)12-26-19)13(3)27-17-7-6-8-18(29)22(17)21/h9-12,21,27H,4-8H2,1-3H3,(H,26,28,30)/t21-/m0/s1. The zero-order valence-electron chi connectivity index (χ0n) is 18.4. The molecule has 2 N–H and O–H groups in total. The van der Waals surface area contributed by atoms with Gasteiger partial charge in [0, 0.05) is 50.4 Å². The molecule has 1 atom stereocenters. The van der Waals surface area contributed by atoms with E-state index < -0.39 is 0 Å². The maximum atomic E-state index is 13.6. The molecule has 0 saturated heterocycles. The number of hydrogen-bond acceptors (Lipinski definition) is 6. The number of thiophene rings is 1. The third kappa shape index (κ3) is 4.58. The molecule has 0 aromatic carbocycles. The van der Waals surface area contributed by atoms with Gasteiger partial charge in [-0.15, -0.1) is 23.1 Å². The average Bonchev–Trinajstić information content (AvgIpc) is 3.17. The van der Waals surface area contributed by atoms with E-state index in [9.17, 15) is 9.59 Å². The minimum atomic E-state index is -0.361. The van der Waals surface area contributed by atoms with Crippen LogP contribution in [0.25, 0.3) is 0 Å². The van der Waals surface area contributed by atoms with Crippen LogP contribution in [0.1, 0.15) is 56.4 Å².